The van der Waals surface area contributed by atoms with Gasteiger partial charge >= 0.3 is 5.97 Å². The van der Waals surface area contributed by atoms with Crippen LogP contribution in [0.25, 0.3) is 0 Å². The highest BCUT2D eigenvalue weighted by molar-refractivity contribution is 6.32. The average molecular weight is 223 g/mol. The molecule has 0 aliphatic rings. The quantitative estimate of drug-likeness (QED) is 0.752. The first-order valence-electron chi connectivity index (χ1n) is 3.50. The molecule has 0 saturated heterocycles. The summed E-state index contributed by atoms with van der Waals surface area (Å²) >= 11 is 5.25. The van der Waals surface area contributed by atoms with Crippen molar-refractivity contribution in [2.75, 3.05) is 0 Å². The summed E-state index contributed by atoms with van der Waals surface area (Å²) in [6, 6.07) is 0.573. The number of aliphatic carboxylic acids is 1. The Morgan fingerprint density at radius 1 is 1.50 bits per heavy atom. The Bertz CT molecular complexity index is 393. The molecule has 0 aliphatic carbocycles. The summed E-state index contributed by atoms with van der Waals surface area (Å²) < 4.78 is 26.0. The molecule has 0 amide bonds. The zero-order chi connectivity index (χ0) is 10.9. The van der Waals surface area contributed by atoms with Crippen LogP contribution in [0.5, 0.6) is 5.75 Å². The fourth-order valence-corrected chi connectivity index (χ4v) is 1.10. The Hall–Kier alpha value is -1.36. The van der Waals surface area contributed by atoms with Gasteiger partial charge in [-0.2, -0.15) is 0 Å². The Morgan fingerprint density at radius 2 is 2.07 bits per heavy atom. The van der Waals surface area contributed by atoms with E-state index in [0.29, 0.717) is 6.07 Å². The van der Waals surface area contributed by atoms with E-state index in [4.69, 9.17) is 21.8 Å². The minimum absolute atomic E-state index is 0.573. The van der Waals surface area contributed by atoms with Crippen LogP contribution in [-0.2, 0) is 11.2 Å². The van der Waals surface area contributed by atoms with E-state index in [2.05, 4.69) is 0 Å². The van der Waals surface area contributed by atoms with Crippen molar-refractivity contribution < 1.29 is 23.8 Å². The molecule has 0 fully saturated rings. The van der Waals surface area contributed by atoms with Crippen molar-refractivity contribution in [1.29, 1.82) is 0 Å². The number of phenolic OH excluding ortho intramolecular Hbond substituents is 1. The van der Waals surface area contributed by atoms with E-state index in [1.165, 1.54) is 0 Å². The lowest BCUT2D eigenvalue weighted by Gasteiger charge is -2.05. The lowest BCUT2D eigenvalue weighted by atomic mass is 10.1. The van der Waals surface area contributed by atoms with Gasteiger partial charge in [-0.1, -0.05) is 11.6 Å². The first-order valence-corrected chi connectivity index (χ1v) is 3.88. The molecular weight excluding hydrogens is 218 g/mol. The van der Waals surface area contributed by atoms with Gasteiger partial charge in [0.15, 0.2) is 5.82 Å². The number of carbonyl (C=O) groups is 1. The number of phenols is 1. The van der Waals surface area contributed by atoms with Crippen LogP contribution in [0.2, 0.25) is 5.02 Å². The van der Waals surface area contributed by atoms with Gasteiger partial charge in [0.1, 0.15) is 16.6 Å². The Kier molecular flexibility index (Phi) is 2.90. The highest BCUT2D eigenvalue weighted by atomic mass is 35.5. The van der Waals surface area contributed by atoms with E-state index in [1.54, 1.807) is 0 Å². The lowest BCUT2D eigenvalue weighted by molar-refractivity contribution is -0.136. The highest BCUT2D eigenvalue weighted by Crippen LogP contribution is 2.30. The van der Waals surface area contributed by atoms with Gasteiger partial charge in [0, 0.05) is 11.6 Å². The summed E-state index contributed by atoms with van der Waals surface area (Å²) in [5, 5.41) is 16.5. The van der Waals surface area contributed by atoms with Crippen molar-refractivity contribution in [1.82, 2.24) is 0 Å². The van der Waals surface area contributed by atoms with Crippen molar-refractivity contribution in [2.45, 2.75) is 6.42 Å². The number of hydrogen-bond acceptors (Lipinski definition) is 2. The van der Waals surface area contributed by atoms with Gasteiger partial charge in [0.2, 0.25) is 0 Å². The molecule has 0 saturated carbocycles. The van der Waals surface area contributed by atoms with Crippen LogP contribution in [0.1, 0.15) is 5.56 Å². The average Bonchev–Trinajstić information content (AvgIpc) is 2.09. The maximum absolute atomic E-state index is 13.1. The second-order valence-electron chi connectivity index (χ2n) is 2.55. The van der Waals surface area contributed by atoms with E-state index in [-0.39, 0.29) is 0 Å². The predicted octanol–water partition coefficient (Wildman–Crippen LogP) is 1.95. The molecule has 1 rings (SSSR count). The SMILES string of the molecule is O=C(O)Cc1c(F)cc(O)c(Cl)c1F. The zero-order valence-corrected chi connectivity index (χ0v) is 7.48. The van der Waals surface area contributed by atoms with Gasteiger partial charge < -0.3 is 10.2 Å². The van der Waals surface area contributed by atoms with Crippen molar-refractivity contribution >= 4 is 17.6 Å². The summed E-state index contributed by atoms with van der Waals surface area (Å²) in [7, 11) is 0. The number of halogens is 3. The van der Waals surface area contributed by atoms with Crippen molar-refractivity contribution in [2.24, 2.45) is 0 Å². The van der Waals surface area contributed by atoms with Gasteiger partial charge in [0.25, 0.3) is 0 Å². The van der Waals surface area contributed by atoms with Crippen LogP contribution >= 0.6 is 11.6 Å². The third kappa shape index (κ3) is 1.93. The molecule has 6 heteroatoms. The van der Waals surface area contributed by atoms with Gasteiger partial charge in [-0.05, 0) is 0 Å². The lowest BCUT2D eigenvalue weighted by Crippen LogP contribution is -2.05. The van der Waals surface area contributed by atoms with Crippen molar-refractivity contribution in [3.63, 3.8) is 0 Å². The third-order valence-corrected chi connectivity index (χ3v) is 1.92. The second-order valence-corrected chi connectivity index (χ2v) is 2.93. The zero-order valence-electron chi connectivity index (χ0n) is 6.72. The van der Waals surface area contributed by atoms with Gasteiger partial charge in [-0.25, -0.2) is 8.78 Å². The molecule has 0 aliphatic heterocycles. The topological polar surface area (TPSA) is 57.5 Å². The maximum atomic E-state index is 13.1. The monoisotopic (exact) mass is 222 g/mol. The molecule has 0 bridgehead atoms. The largest absolute Gasteiger partial charge is 0.506 e. The summed E-state index contributed by atoms with van der Waals surface area (Å²) in [6.45, 7) is 0. The summed E-state index contributed by atoms with van der Waals surface area (Å²) in [5.41, 5.74) is -0.666. The molecular formula is C8H5ClF2O3. The molecule has 0 heterocycles. The summed E-state index contributed by atoms with van der Waals surface area (Å²) in [4.78, 5) is 10.2. The molecule has 2 N–H and O–H groups in total. The van der Waals surface area contributed by atoms with Gasteiger partial charge in [0.05, 0.1) is 6.42 Å². The normalized spacial score (nSPS) is 10.2. The molecule has 0 atom stereocenters. The van der Waals surface area contributed by atoms with E-state index in [1.807, 2.05) is 0 Å². The van der Waals surface area contributed by atoms with E-state index in [9.17, 15) is 13.6 Å². The molecule has 0 radical (unpaired) electrons. The van der Waals surface area contributed by atoms with Crippen molar-refractivity contribution in [3.8, 4) is 5.75 Å². The van der Waals surface area contributed by atoms with Crippen molar-refractivity contribution in [3.05, 3.63) is 28.3 Å². The third-order valence-electron chi connectivity index (χ3n) is 1.56. The van der Waals surface area contributed by atoms with E-state index in [0.717, 1.165) is 0 Å². The van der Waals surface area contributed by atoms with Crippen LogP contribution in [0, 0.1) is 11.6 Å². The van der Waals surface area contributed by atoms with Crippen LogP contribution < -0.4 is 0 Å². The molecule has 0 unspecified atom stereocenters. The van der Waals surface area contributed by atoms with Crippen LogP contribution in [0.15, 0.2) is 6.07 Å². The number of benzene rings is 1. The molecule has 1 aromatic carbocycles. The standard InChI is InChI=1S/C8H5ClF2O3/c9-7-5(12)2-4(10)3(8(7)11)1-6(13)14/h2,12H,1H2,(H,13,14). The first-order chi connectivity index (χ1) is 6.43. The second kappa shape index (κ2) is 3.79. The van der Waals surface area contributed by atoms with Crippen LogP contribution in [0.3, 0.4) is 0 Å². The number of carboxylic acid groups (broad SMARTS) is 1. The Morgan fingerprint density at radius 3 is 2.57 bits per heavy atom. The molecule has 0 spiro atoms. The summed E-state index contributed by atoms with van der Waals surface area (Å²) in [6.07, 6.45) is -0.822. The molecule has 76 valence electrons. The number of hydrogen-bond donors (Lipinski definition) is 2. The number of aromatic hydroxyl groups is 1. The Labute approximate surface area is 82.5 Å². The first kappa shape index (κ1) is 10.7. The number of carboxylic acids is 1. The molecule has 3 nitrogen and oxygen atoms in total. The maximum Gasteiger partial charge on any atom is 0.308 e. The van der Waals surface area contributed by atoms with Gasteiger partial charge in [-0.3, -0.25) is 4.79 Å². The fraction of sp³-hybridized carbons (Fsp3) is 0.125. The van der Waals surface area contributed by atoms with Crippen LogP contribution in [0.4, 0.5) is 8.78 Å². The van der Waals surface area contributed by atoms with Gasteiger partial charge in [-0.15, -0.1) is 0 Å². The molecule has 14 heavy (non-hydrogen) atoms. The van der Waals surface area contributed by atoms with Crippen LogP contribution in [-0.4, -0.2) is 16.2 Å². The smallest absolute Gasteiger partial charge is 0.308 e. The number of rotatable bonds is 2. The molecule has 1 aromatic rings. The highest BCUT2D eigenvalue weighted by Gasteiger charge is 2.18. The van der Waals surface area contributed by atoms with E-state index < -0.39 is 40.4 Å². The fourth-order valence-electron chi connectivity index (χ4n) is 0.934. The summed E-state index contributed by atoms with van der Waals surface area (Å²) in [5.74, 6) is -4.52. The minimum atomic E-state index is -1.38. The Balaban J connectivity index is 3.29. The predicted molar refractivity (Wildman–Crippen MR) is 44.4 cm³/mol. The minimum Gasteiger partial charge on any atom is -0.506 e. The molecule has 0 aromatic heterocycles. The van der Waals surface area contributed by atoms with E-state index >= 15 is 0 Å².